The number of rotatable bonds is 7. The average Bonchev–Trinajstić information content (AvgIpc) is 3.18. The summed E-state index contributed by atoms with van der Waals surface area (Å²) in [7, 11) is 0. The number of nitrogens with zero attached hydrogens (tertiary/aromatic N) is 3. The minimum absolute atomic E-state index is 0. The smallest absolute Gasteiger partial charge is 0.226 e. The molecule has 0 aliphatic carbocycles. The van der Waals surface area contributed by atoms with E-state index in [9.17, 15) is 0 Å². The Morgan fingerprint density at radius 3 is 2.62 bits per heavy atom. The molecule has 0 spiro atoms. The van der Waals surface area contributed by atoms with Crippen molar-refractivity contribution in [2.75, 3.05) is 32.8 Å². The molecule has 1 aliphatic heterocycles. The zero-order valence-electron chi connectivity index (χ0n) is 17.7. The molecule has 2 heterocycles. The lowest BCUT2D eigenvalue weighted by atomic mass is 10.1. The molecule has 1 aromatic carbocycles. The molecule has 160 valence electrons. The highest BCUT2D eigenvalue weighted by Crippen LogP contribution is 2.19. The number of guanidine groups is 1. The Labute approximate surface area is 191 Å². The van der Waals surface area contributed by atoms with Crippen molar-refractivity contribution in [3.05, 3.63) is 41.8 Å². The Kier molecular flexibility index (Phi) is 9.93. The van der Waals surface area contributed by atoms with Crippen molar-refractivity contribution in [2.45, 2.75) is 46.1 Å². The van der Waals surface area contributed by atoms with Crippen LogP contribution in [-0.2, 0) is 11.2 Å². The van der Waals surface area contributed by atoms with E-state index in [1.165, 1.54) is 5.56 Å². The van der Waals surface area contributed by atoms with Crippen LogP contribution in [0.25, 0.3) is 11.5 Å². The summed E-state index contributed by atoms with van der Waals surface area (Å²) in [6.07, 6.45) is 5.01. The van der Waals surface area contributed by atoms with Crippen molar-refractivity contribution in [3.8, 4) is 11.5 Å². The second-order valence-electron chi connectivity index (χ2n) is 7.14. The van der Waals surface area contributed by atoms with Crippen molar-refractivity contribution in [1.82, 2.24) is 15.2 Å². The molecule has 0 radical (unpaired) electrons. The Morgan fingerprint density at radius 2 is 1.97 bits per heavy atom. The fraction of sp³-hybridized carbons (Fsp3) is 0.545. The summed E-state index contributed by atoms with van der Waals surface area (Å²) in [6.45, 7) is 10.6. The molecule has 0 unspecified atom stereocenters. The van der Waals surface area contributed by atoms with Crippen LogP contribution in [0.3, 0.4) is 0 Å². The zero-order chi connectivity index (χ0) is 19.8. The molecule has 0 amide bonds. The van der Waals surface area contributed by atoms with Gasteiger partial charge < -0.3 is 19.4 Å². The molecule has 0 saturated carbocycles. The lowest BCUT2D eigenvalue weighted by Crippen LogP contribution is -2.47. The summed E-state index contributed by atoms with van der Waals surface area (Å²) in [6, 6.07) is 8.22. The molecule has 6 nitrogen and oxygen atoms in total. The maximum absolute atomic E-state index is 5.75. The van der Waals surface area contributed by atoms with Crippen molar-refractivity contribution in [3.63, 3.8) is 0 Å². The number of likely N-dealkylation sites (tertiary alicyclic amines) is 1. The third kappa shape index (κ3) is 6.99. The number of hydrogen-bond acceptors (Lipinski definition) is 4. The highest BCUT2D eigenvalue weighted by atomic mass is 127. The van der Waals surface area contributed by atoms with Gasteiger partial charge in [0.2, 0.25) is 5.89 Å². The normalized spacial score (nSPS) is 15.3. The van der Waals surface area contributed by atoms with E-state index in [4.69, 9.17) is 14.1 Å². The predicted octanol–water partition coefficient (Wildman–Crippen LogP) is 4.28. The fourth-order valence-electron chi connectivity index (χ4n) is 3.42. The molecule has 7 heteroatoms. The average molecular weight is 512 g/mol. The number of benzene rings is 1. The Bertz CT molecular complexity index is 752. The van der Waals surface area contributed by atoms with Gasteiger partial charge in [0.1, 0.15) is 6.26 Å². The Balaban J connectivity index is 0.00000300. The number of aromatic nitrogens is 1. The number of piperidine rings is 1. The largest absolute Gasteiger partial charge is 0.444 e. The highest BCUT2D eigenvalue weighted by molar-refractivity contribution is 14.0. The molecule has 1 fully saturated rings. The van der Waals surface area contributed by atoms with Crippen LogP contribution in [0.15, 0.2) is 39.9 Å². The number of oxazole rings is 1. The van der Waals surface area contributed by atoms with E-state index < -0.39 is 0 Å². The second-order valence-corrected chi connectivity index (χ2v) is 7.14. The second kappa shape index (κ2) is 12.2. The van der Waals surface area contributed by atoms with E-state index in [-0.39, 0.29) is 24.0 Å². The number of halogens is 1. The van der Waals surface area contributed by atoms with Gasteiger partial charge >= 0.3 is 0 Å². The topological polar surface area (TPSA) is 62.9 Å². The first kappa shape index (κ1) is 23.7. The first-order valence-electron chi connectivity index (χ1n) is 10.4. The van der Waals surface area contributed by atoms with Gasteiger partial charge in [0.25, 0.3) is 0 Å². The lowest BCUT2D eigenvalue weighted by molar-refractivity contribution is 0.0264. The molecule has 29 heavy (non-hydrogen) atoms. The van der Waals surface area contributed by atoms with Gasteiger partial charge in [0.15, 0.2) is 5.96 Å². The molecule has 0 bridgehead atoms. The number of aliphatic imine (C=N–C) groups is 1. The number of aryl methyl sites for hydroxylation is 1. The summed E-state index contributed by atoms with van der Waals surface area (Å²) < 4.78 is 11.4. The summed E-state index contributed by atoms with van der Waals surface area (Å²) in [5, 5.41) is 3.41. The molecular formula is C22H33IN4O2. The van der Waals surface area contributed by atoms with Crippen LogP contribution in [-0.4, -0.2) is 54.7 Å². The highest BCUT2D eigenvalue weighted by Gasteiger charge is 2.21. The summed E-state index contributed by atoms with van der Waals surface area (Å²) >= 11 is 0. The van der Waals surface area contributed by atoms with E-state index in [0.717, 1.165) is 62.7 Å². The Morgan fingerprint density at radius 1 is 1.24 bits per heavy atom. The number of ether oxygens (including phenoxy) is 1. The standard InChI is InChI=1S/C22H32N4O2.HI/c1-4-23-22(26-14-11-20(12-15-26)27-5-2)24-13-10-19-16-28-21(25-19)18-8-6-17(3)7-9-18;/h6-9,16,20H,4-5,10-15H2,1-3H3,(H,23,24);1H. The molecule has 1 aliphatic rings. The van der Waals surface area contributed by atoms with Crippen LogP contribution in [0.5, 0.6) is 0 Å². The van der Waals surface area contributed by atoms with Crippen LogP contribution < -0.4 is 5.32 Å². The summed E-state index contributed by atoms with van der Waals surface area (Å²) in [4.78, 5) is 11.7. The molecular weight excluding hydrogens is 479 g/mol. The first-order valence-corrected chi connectivity index (χ1v) is 10.4. The molecule has 3 rings (SSSR count). The quantitative estimate of drug-likeness (QED) is 0.341. The van der Waals surface area contributed by atoms with E-state index in [1.54, 1.807) is 6.26 Å². The van der Waals surface area contributed by atoms with Crippen molar-refractivity contribution in [2.24, 2.45) is 4.99 Å². The maximum Gasteiger partial charge on any atom is 0.226 e. The van der Waals surface area contributed by atoms with Crippen molar-refractivity contribution >= 4 is 29.9 Å². The molecule has 1 N–H and O–H groups in total. The van der Waals surface area contributed by atoms with Gasteiger partial charge in [-0.25, -0.2) is 4.98 Å². The van der Waals surface area contributed by atoms with Gasteiger partial charge in [-0.1, -0.05) is 17.7 Å². The van der Waals surface area contributed by atoms with Crippen molar-refractivity contribution < 1.29 is 9.15 Å². The van der Waals surface area contributed by atoms with Crippen LogP contribution in [0.1, 0.15) is 37.9 Å². The summed E-state index contributed by atoms with van der Waals surface area (Å²) in [5.41, 5.74) is 3.17. The van der Waals surface area contributed by atoms with E-state index in [0.29, 0.717) is 18.5 Å². The van der Waals surface area contributed by atoms with E-state index in [2.05, 4.69) is 48.1 Å². The van der Waals surface area contributed by atoms with E-state index >= 15 is 0 Å². The predicted molar refractivity (Wildman–Crippen MR) is 128 cm³/mol. The van der Waals surface area contributed by atoms with Gasteiger partial charge in [0, 0.05) is 44.8 Å². The number of nitrogens with one attached hydrogen (secondary N) is 1. The van der Waals surface area contributed by atoms with Crippen LogP contribution in [0, 0.1) is 6.92 Å². The first-order chi connectivity index (χ1) is 13.7. The SMILES string of the molecule is CCNC(=NCCc1coc(-c2ccc(C)cc2)n1)N1CCC(OCC)CC1.I. The monoisotopic (exact) mass is 512 g/mol. The third-order valence-electron chi connectivity index (χ3n) is 4.96. The number of hydrogen-bond donors (Lipinski definition) is 1. The molecule has 0 atom stereocenters. The van der Waals surface area contributed by atoms with Gasteiger partial charge in [-0.2, -0.15) is 0 Å². The van der Waals surface area contributed by atoms with Gasteiger partial charge in [-0.3, -0.25) is 4.99 Å². The van der Waals surface area contributed by atoms with Crippen LogP contribution in [0.2, 0.25) is 0 Å². The minimum atomic E-state index is 0. The van der Waals surface area contributed by atoms with Crippen molar-refractivity contribution in [1.29, 1.82) is 0 Å². The molecule has 2 aromatic rings. The molecule has 1 saturated heterocycles. The lowest BCUT2D eigenvalue weighted by Gasteiger charge is -2.34. The maximum atomic E-state index is 5.75. The summed E-state index contributed by atoms with van der Waals surface area (Å²) in [5.74, 6) is 1.66. The van der Waals surface area contributed by atoms with Crippen LogP contribution >= 0.6 is 24.0 Å². The fourth-order valence-corrected chi connectivity index (χ4v) is 3.42. The molecule has 1 aromatic heterocycles. The zero-order valence-corrected chi connectivity index (χ0v) is 20.0. The van der Waals surface area contributed by atoms with E-state index in [1.807, 2.05) is 12.1 Å². The third-order valence-corrected chi connectivity index (χ3v) is 4.96. The van der Waals surface area contributed by atoms with Gasteiger partial charge in [-0.05, 0) is 45.7 Å². The van der Waals surface area contributed by atoms with Crippen LogP contribution in [0.4, 0.5) is 0 Å². The van der Waals surface area contributed by atoms with Gasteiger partial charge in [-0.15, -0.1) is 24.0 Å². The Hall–Kier alpha value is -1.61. The minimum Gasteiger partial charge on any atom is -0.444 e. The van der Waals surface area contributed by atoms with Gasteiger partial charge in [0.05, 0.1) is 11.8 Å².